The molecule has 2 aromatic carbocycles. The molecule has 2 atom stereocenters. The molecule has 0 radical (unpaired) electrons. The predicted octanol–water partition coefficient (Wildman–Crippen LogP) is 2.00. The highest BCUT2D eigenvalue weighted by Gasteiger charge is 2.44. The number of benzene rings is 2. The van der Waals surface area contributed by atoms with Crippen molar-refractivity contribution in [3.05, 3.63) is 73.1 Å². The third-order valence-corrected chi connectivity index (χ3v) is 11.1. The monoisotopic (exact) mass is 616 g/mol. The Kier molecular flexibility index (Phi) is 9.28. The third-order valence-electron chi connectivity index (χ3n) is 7.80. The SMILES string of the molecule is CNS(=O)(=O)c1cccc(OC[C@@H](O)CNC2COC3(CCN(S(=O)(=O)c4cccc(-c5ccncc5)c4)CC3)C2)c1. The van der Waals surface area contributed by atoms with Crippen molar-refractivity contribution in [2.24, 2.45) is 0 Å². The summed E-state index contributed by atoms with van der Waals surface area (Å²) >= 11 is 0. The van der Waals surface area contributed by atoms with Crippen LogP contribution in [0.15, 0.2) is 82.8 Å². The van der Waals surface area contributed by atoms with Crippen molar-refractivity contribution in [3.8, 4) is 16.9 Å². The third kappa shape index (κ3) is 7.00. The number of piperidine rings is 1. The zero-order chi connectivity index (χ0) is 29.8. The number of aromatic nitrogens is 1. The number of ether oxygens (including phenoxy) is 2. The van der Waals surface area contributed by atoms with Gasteiger partial charge in [0.2, 0.25) is 20.0 Å². The smallest absolute Gasteiger partial charge is 0.243 e. The molecule has 226 valence electrons. The number of aliphatic hydroxyl groups is 1. The summed E-state index contributed by atoms with van der Waals surface area (Å²) in [4.78, 5) is 4.38. The van der Waals surface area contributed by atoms with Gasteiger partial charge >= 0.3 is 0 Å². The maximum Gasteiger partial charge on any atom is 0.243 e. The van der Waals surface area contributed by atoms with Crippen molar-refractivity contribution in [2.75, 3.05) is 39.9 Å². The van der Waals surface area contributed by atoms with E-state index in [0.29, 0.717) is 38.3 Å². The minimum Gasteiger partial charge on any atom is -0.491 e. The summed E-state index contributed by atoms with van der Waals surface area (Å²) in [6.07, 6.45) is 4.44. The number of hydrogen-bond acceptors (Lipinski definition) is 9. The van der Waals surface area contributed by atoms with Gasteiger partial charge in [-0.2, -0.15) is 4.31 Å². The molecular weight excluding hydrogens is 580 g/mol. The molecule has 11 nitrogen and oxygen atoms in total. The number of rotatable bonds is 11. The second kappa shape index (κ2) is 12.8. The van der Waals surface area contributed by atoms with Crippen molar-refractivity contribution in [1.82, 2.24) is 19.3 Å². The number of hydrogen-bond donors (Lipinski definition) is 3. The van der Waals surface area contributed by atoms with Gasteiger partial charge < -0.3 is 19.9 Å². The zero-order valence-corrected chi connectivity index (χ0v) is 25.0. The summed E-state index contributed by atoms with van der Waals surface area (Å²) < 4.78 is 66.5. The Bertz CT molecular complexity index is 1580. The topological polar surface area (TPSA) is 147 Å². The standard InChI is InChI=1S/C29H36N4O7S2/c1-30-41(35,36)27-6-3-5-26(17-27)39-21-25(34)19-32-24-18-29(40-20-24)10-14-33(15-11-29)42(37,38)28-7-2-4-23(16-28)22-8-12-31-13-9-22/h2-9,12-13,16-17,24-25,30,32,34H,10-11,14-15,18-21H2,1H3/t24?,25-/m0/s1. The molecule has 1 aromatic heterocycles. The lowest BCUT2D eigenvalue weighted by atomic mass is 9.88. The molecule has 5 rings (SSSR count). The zero-order valence-electron chi connectivity index (χ0n) is 23.3. The Morgan fingerprint density at radius 2 is 1.74 bits per heavy atom. The van der Waals surface area contributed by atoms with Gasteiger partial charge in [0.25, 0.3) is 0 Å². The van der Waals surface area contributed by atoms with E-state index in [4.69, 9.17) is 9.47 Å². The van der Waals surface area contributed by atoms with Crippen molar-refractivity contribution >= 4 is 20.0 Å². The molecule has 42 heavy (non-hydrogen) atoms. The predicted molar refractivity (Wildman–Crippen MR) is 157 cm³/mol. The lowest BCUT2D eigenvalue weighted by Crippen LogP contribution is -2.47. The maximum absolute atomic E-state index is 13.5. The van der Waals surface area contributed by atoms with Gasteiger partial charge in [0.05, 0.1) is 22.0 Å². The fourth-order valence-corrected chi connectivity index (χ4v) is 7.64. The lowest BCUT2D eigenvalue weighted by Gasteiger charge is -2.38. The molecule has 0 bridgehead atoms. The normalized spacial score (nSPS) is 20.0. The Labute approximate surface area is 247 Å². The molecule has 0 amide bonds. The molecule has 2 aliphatic heterocycles. The first-order valence-corrected chi connectivity index (χ1v) is 16.8. The molecule has 3 N–H and O–H groups in total. The van der Waals surface area contributed by atoms with Gasteiger partial charge in [-0.1, -0.05) is 18.2 Å². The fourth-order valence-electron chi connectivity index (χ4n) is 5.39. The first kappa shape index (κ1) is 30.5. The van der Waals surface area contributed by atoms with Crippen molar-refractivity contribution in [3.63, 3.8) is 0 Å². The van der Waals surface area contributed by atoms with Crippen LogP contribution in [0.1, 0.15) is 19.3 Å². The average molecular weight is 617 g/mol. The van der Waals surface area contributed by atoms with Gasteiger partial charge in [-0.25, -0.2) is 21.6 Å². The van der Waals surface area contributed by atoms with Crippen molar-refractivity contribution in [1.29, 1.82) is 0 Å². The first-order valence-electron chi connectivity index (χ1n) is 13.8. The van der Waals surface area contributed by atoms with E-state index < -0.39 is 31.8 Å². The van der Waals surface area contributed by atoms with Crippen LogP contribution in [0.25, 0.3) is 11.1 Å². The van der Waals surface area contributed by atoms with Gasteiger partial charge in [0.15, 0.2) is 0 Å². The van der Waals surface area contributed by atoms with Crippen LogP contribution in [0.2, 0.25) is 0 Å². The van der Waals surface area contributed by atoms with Crippen molar-refractivity contribution in [2.45, 2.75) is 46.8 Å². The molecule has 0 saturated carbocycles. The van der Waals surface area contributed by atoms with E-state index in [9.17, 15) is 21.9 Å². The molecule has 2 aliphatic rings. The number of aliphatic hydroxyl groups excluding tert-OH is 1. The average Bonchev–Trinajstić information content (AvgIpc) is 3.41. The molecule has 2 fully saturated rings. The number of nitrogens with one attached hydrogen (secondary N) is 2. The van der Waals surface area contributed by atoms with Gasteiger partial charge in [-0.15, -0.1) is 0 Å². The summed E-state index contributed by atoms with van der Waals surface area (Å²) in [6.45, 7) is 1.47. The fraction of sp³-hybridized carbons (Fsp3) is 0.414. The Morgan fingerprint density at radius 3 is 2.48 bits per heavy atom. The molecule has 1 spiro atoms. The van der Waals surface area contributed by atoms with Gasteiger partial charge in [0, 0.05) is 44.1 Å². The minimum absolute atomic E-state index is 0.00996. The van der Waals surface area contributed by atoms with E-state index >= 15 is 0 Å². The number of pyridine rings is 1. The second-order valence-electron chi connectivity index (χ2n) is 10.6. The summed E-state index contributed by atoms with van der Waals surface area (Å²) in [7, 11) is -5.90. The molecule has 13 heteroatoms. The molecular formula is C29H36N4O7S2. The number of sulfonamides is 2. The maximum atomic E-state index is 13.5. The van der Waals surface area contributed by atoms with Crippen molar-refractivity contribution < 1.29 is 31.4 Å². The Hall–Kier alpha value is -2.91. The Morgan fingerprint density at radius 1 is 1.02 bits per heavy atom. The van der Waals surface area contributed by atoms with E-state index in [0.717, 1.165) is 17.5 Å². The molecule has 1 unspecified atom stereocenters. The number of nitrogens with zero attached hydrogens (tertiary/aromatic N) is 2. The first-order chi connectivity index (χ1) is 20.1. The van der Waals surface area contributed by atoms with Crippen LogP contribution in [0, 0.1) is 0 Å². The van der Waals surface area contributed by atoms with Crippen LogP contribution in [-0.2, 0) is 24.8 Å². The molecule has 2 saturated heterocycles. The molecule has 3 aromatic rings. The highest BCUT2D eigenvalue weighted by molar-refractivity contribution is 7.89. The van der Waals surface area contributed by atoms with Gasteiger partial charge in [0.1, 0.15) is 18.5 Å². The van der Waals surface area contributed by atoms with E-state index in [1.807, 2.05) is 18.2 Å². The molecule has 3 heterocycles. The summed E-state index contributed by atoms with van der Waals surface area (Å²) in [6, 6.07) is 16.8. The van der Waals surface area contributed by atoms with E-state index in [2.05, 4.69) is 15.0 Å². The molecule has 0 aliphatic carbocycles. The second-order valence-corrected chi connectivity index (χ2v) is 14.4. The Balaban J connectivity index is 1.10. The summed E-state index contributed by atoms with van der Waals surface area (Å²) in [5, 5.41) is 13.8. The minimum atomic E-state index is -3.65. The van der Waals surface area contributed by atoms with Crippen LogP contribution in [0.5, 0.6) is 5.75 Å². The van der Waals surface area contributed by atoms with E-state index in [1.165, 1.54) is 23.5 Å². The van der Waals surface area contributed by atoms with Gasteiger partial charge in [-0.3, -0.25) is 4.98 Å². The van der Waals surface area contributed by atoms with Crippen LogP contribution < -0.4 is 14.8 Å². The van der Waals surface area contributed by atoms with Crippen LogP contribution in [0.3, 0.4) is 0 Å². The largest absolute Gasteiger partial charge is 0.491 e. The highest BCUT2D eigenvalue weighted by atomic mass is 32.2. The summed E-state index contributed by atoms with van der Waals surface area (Å²) in [5.41, 5.74) is 1.33. The van der Waals surface area contributed by atoms with E-state index in [1.54, 1.807) is 42.7 Å². The van der Waals surface area contributed by atoms with Crippen LogP contribution in [0.4, 0.5) is 0 Å². The van der Waals surface area contributed by atoms with Crippen LogP contribution >= 0.6 is 0 Å². The van der Waals surface area contributed by atoms with Crippen LogP contribution in [-0.4, -0.2) is 88.9 Å². The quantitative estimate of drug-likeness (QED) is 0.294. The lowest BCUT2D eigenvalue weighted by molar-refractivity contribution is -0.0312. The summed E-state index contributed by atoms with van der Waals surface area (Å²) in [5.74, 6) is 0.347. The van der Waals surface area contributed by atoms with Gasteiger partial charge in [-0.05, 0) is 73.8 Å². The highest BCUT2D eigenvalue weighted by Crippen LogP contribution is 2.37. The van der Waals surface area contributed by atoms with E-state index in [-0.39, 0.29) is 29.0 Å².